The molecule has 0 heterocycles. The highest BCUT2D eigenvalue weighted by atomic mass is 35.5. The summed E-state index contributed by atoms with van der Waals surface area (Å²) >= 11 is 5.89. The van der Waals surface area contributed by atoms with Crippen LogP contribution in [0.5, 0.6) is 0 Å². The van der Waals surface area contributed by atoms with Gasteiger partial charge in [-0.1, -0.05) is 37.6 Å². The van der Waals surface area contributed by atoms with Gasteiger partial charge in [-0.3, -0.25) is 4.79 Å². The molecule has 0 bridgehead atoms. The van der Waals surface area contributed by atoms with E-state index < -0.39 is 0 Å². The van der Waals surface area contributed by atoms with Crippen LogP contribution in [0.3, 0.4) is 0 Å². The van der Waals surface area contributed by atoms with Gasteiger partial charge in [-0.25, -0.2) is 0 Å². The molecule has 0 unspecified atom stereocenters. The van der Waals surface area contributed by atoms with E-state index in [0.717, 1.165) is 0 Å². The topological polar surface area (TPSA) is 29.1 Å². The van der Waals surface area contributed by atoms with Crippen LogP contribution in [0, 0.1) is 5.92 Å². The van der Waals surface area contributed by atoms with Crippen LogP contribution < -0.4 is 5.32 Å². The first-order valence-corrected chi connectivity index (χ1v) is 5.01. The molecule has 0 aliphatic heterocycles. The smallest absolute Gasteiger partial charge is 0.224 e. The Balaban J connectivity index is 2.61. The van der Waals surface area contributed by atoms with Crippen LogP contribution >= 0.6 is 11.6 Å². The van der Waals surface area contributed by atoms with Crippen LogP contribution in [0.2, 0.25) is 5.02 Å². The van der Waals surface area contributed by atoms with Gasteiger partial charge in [0.1, 0.15) is 0 Å². The minimum atomic E-state index is 0.00750. The van der Waals surface area contributed by atoms with Crippen molar-refractivity contribution in [1.82, 2.24) is 0 Å². The molecule has 1 aromatic carbocycles. The fraction of sp³-hybridized carbons (Fsp3) is 0.364. The molecule has 0 spiro atoms. The molecule has 3 heteroatoms. The van der Waals surface area contributed by atoms with Crippen molar-refractivity contribution in [1.29, 1.82) is 0 Å². The van der Waals surface area contributed by atoms with Crippen molar-refractivity contribution < 1.29 is 4.79 Å². The maximum Gasteiger partial charge on any atom is 0.224 e. The maximum absolute atomic E-state index is 11.4. The van der Waals surface area contributed by atoms with E-state index in [9.17, 15) is 4.79 Å². The first-order valence-electron chi connectivity index (χ1n) is 4.64. The number of amides is 1. The third kappa shape index (κ3) is 3.38. The van der Waals surface area contributed by atoms with Crippen molar-refractivity contribution in [3.8, 4) is 0 Å². The Kier molecular flexibility index (Phi) is 3.96. The van der Waals surface area contributed by atoms with Crippen LogP contribution in [0.15, 0.2) is 24.3 Å². The number of nitrogens with one attached hydrogen (secondary N) is 1. The Bertz CT molecular complexity index is 323. The van der Waals surface area contributed by atoms with Gasteiger partial charge in [-0.05, 0) is 18.1 Å². The SMILES string of the molecule is CC(C)CC(=O)Nc1ccccc1Cl. The number of rotatable bonds is 3. The summed E-state index contributed by atoms with van der Waals surface area (Å²) in [6.07, 6.45) is 0.519. The van der Waals surface area contributed by atoms with Gasteiger partial charge in [0.2, 0.25) is 5.91 Å². The number of carbonyl (C=O) groups is 1. The van der Waals surface area contributed by atoms with Gasteiger partial charge in [-0.15, -0.1) is 0 Å². The van der Waals surface area contributed by atoms with Crippen molar-refractivity contribution in [3.63, 3.8) is 0 Å². The van der Waals surface area contributed by atoms with Crippen LogP contribution in [0.25, 0.3) is 0 Å². The zero-order valence-corrected chi connectivity index (χ0v) is 9.14. The molecule has 0 aliphatic rings. The fourth-order valence-electron chi connectivity index (χ4n) is 1.13. The van der Waals surface area contributed by atoms with E-state index >= 15 is 0 Å². The molecule has 0 atom stereocenters. The van der Waals surface area contributed by atoms with E-state index in [1.165, 1.54) is 0 Å². The molecule has 1 aromatic rings. The molecule has 0 radical (unpaired) electrons. The van der Waals surface area contributed by atoms with E-state index in [0.29, 0.717) is 23.0 Å². The fourth-order valence-corrected chi connectivity index (χ4v) is 1.32. The Morgan fingerprint density at radius 2 is 2.07 bits per heavy atom. The average Bonchev–Trinajstić information content (AvgIpc) is 2.07. The van der Waals surface area contributed by atoms with Gasteiger partial charge >= 0.3 is 0 Å². The third-order valence-corrected chi connectivity index (χ3v) is 2.07. The lowest BCUT2D eigenvalue weighted by Gasteiger charge is -2.08. The van der Waals surface area contributed by atoms with Crippen molar-refractivity contribution >= 4 is 23.2 Å². The Morgan fingerprint density at radius 3 is 2.64 bits per heavy atom. The first kappa shape index (κ1) is 11.1. The Hall–Kier alpha value is -1.02. The third-order valence-electron chi connectivity index (χ3n) is 1.74. The standard InChI is InChI=1S/C11H14ClNO/c1-8(2)7-11(14)13-10-6-4-3-5-9(10)12/h3-6,8H,7H2,1-2H3,(H,13,14). The lowest BCUT2D eigenvalue weighted by atomic mass is 10.1. The molecule has 76 valence electrons. The van der Waals surface area contributed by atoms with Gasteiger partial charge < -0.3 is 5.32 Å². The van der Waals surface area contributed by atoms with Crippen LogP contribution in [0.4, 0.5) is 5.69 Å². The van der Waals surface area contributed by atoms with Gasteiger partial charge in [0.15, 0.2) is 0 Å². The second-order valence-electron chi connectivity index (χ2n) is 3.63. The molecule has 0 aliphatic carbocycles. The number of hydrogen-bond donors (Lipinski definition) is 1. The highest BCUT2D eigenvalue weighted by Crippen LogP contribution is 2.20. The maximum atomic E-state index is 11.4. The van der Waals surface area contributed by atoms with Gasteiger partial charge in [0, 0.05) is 6.42 Å². The van der Waals surface area contributed by atoms with Gasteiger partial charge in [0.25, 0.3) is 0 Å². The predicted octanol–water partition coefficient (Wildman–Crippen LogP) is 3.32. The highest BCUT2D eigenvalue weighted by Gasteiger charge is 2.06. The Morgan fingerprint density at radius 1 is 1.43 bits per heavy atom. The monoisotopic (exact) mass is 211 g/mol. The molecular formula is C11H14ClNO. The lowest BCUT2D eigenvalue weighted by Crippen LogP contribution is -2.13. The second kappa shape index (κ2) is 5.01. The van der Waals surface area contributed by atoms with Gasteiger partial charge in [0.05, 0.1) is 10.7 Å². The molecule has 2 nitrogen and oxygen atoms in total. The van der Waals surface area contributed by atoms with E-state index in [-0.39, 0.29) is 5.91 Å². The van der Waals surface area contributed by atoms with Crippen molar-refractivity contribution in [2.75, 3.05) is 5.32 Å². The molecule has 14 heavy (non-hydrogen) atoms. The molecule has 1 amide bonds. The highest BCUT2D eigenvalue weighted by molar-refractivity contribution is 6.33. The summed E-state index contributed by atoms with van der Waals surface area (Å²) in [5, 5.41) is 3.34. The van der Waals surface area contributed by atoms with Crippen molar-refractivity contribution in [3.05, 3.63) is 29.3 Å². The normalized spacial score (nSPS) is 10.3. The number of hydrogen-bond acceptors (Lipinski definition) is 1. The van der Waals surface area contributed by atoms with E-state index in [4.69, 9.17) is 11.6 Å². The molecule has 0 fully saturated rings. The van der Waals surface area contributed by atoms with Crippen molar-refractivity contribution in [2.45, 2.75) is 20.3 Å². The van der Waals surface area contributed by atoms with Crippen LogP contribution in [-0.4, -0.2) is 5.91 Å². The molecule has 0 saturated heterocycles. The number of anilines is 1. The number of carbonyl (C=O) groups excluding carboxylic acids is 1. The van der Waals surface area contributed by atoms with Crippen LogP contribution in [-0.2, 0) is 4.79 Å². The summed E-state index contributed by atoms with van der Waals surface area (Å²) in [5.41, 5.74) is 0.680. The number of para-hydroxylation sites is 1. The number of benzene rings is 1. The summed E-state index contributed by atoms with van der Waals surface area (Å²) in [6, 6.07) is 7.23. The molecule has 0 saturated carbocycles. The van der Waals surface area contributed by atoms with E-state index in [2.05, 4.69) is 5.32 Å². The first-order chi connectivity index (χ1) is 6.59. The lowest BCUT2D eigenvalue weighted by molar-refractivity contribution is -0.116. The summed E-state index contributed by atoms with van der Waals surface area (Å²) in [7, 11) is 0. The largest absolute Gasteiger partial charge is 0.325 e. The summed E-state index contributed by atoms with van der Waals surface area (Å²) in [4.78, 5) is 11.4. The minimum absolute atomic E-state index is 0.00750. The second-order valence-corrected chi connectivity index (χ2v) is 4.03. The minimum Gasteiger partial charge on any atom is -0.325 e. The average molecular weight is 212 g/mol. The summed E-state index contributed by atoms with van der Waals surface area (Å²) < 4.78 is 0. The zero-order valence-electron chi connectivity index (χ0n) is 8.38. The van der Waals surface area contributed by atoms with E-state index in [1.807, 2.05) is 26.0 Å². The van der Waals surface area contributed by atoms with Crippen LogP contribution in [0.1, 0.15) is 20.3 Å². The summed E-state index contributed by atoms with van der Waals surface area (Å²) in [6.45, 7) is 4.01. The number of halogens is 1. The molecule has 1 N–H and O–H groups in total. The quantitative estimate of drug-likeness (QED) is 0.817. The molecular weight excluding hydrogens is 198 g/mol. The molecule has 1 rings (SSSR count). The van der Waals surface area contributed by atoms with E-state index in [1.54, 1.807) is 12.1 Å². The van der Waals surface area contributed by atoms with Gasteiger partial charge in [-0.2, -0.15) is 0 Å². The predicted molar refractivity (Wildman–Crippen MR) is 59.5 cm³/mol. The van der Waals surface area contributed by atoms with Crippen molar-refractivity contribution in [2.24, 2.45) is 5.92 Å². The Labute approximate surface area is 89.3 Å². The zero-order chi connectivity index (χ0) is 10.6. The molecule has 0 aromatic heterocycles. The summed E-state index contributed by atoms with van der Waals surface area (Å²) in [5.74, 6) is 0.366.